The Morgan fingerprint density at radius 3 is 2.55 bits per heavy atom. The van der Waals surface area contributed by atoms with E-state index in [4.69, 9.17) is 0 Å². The highest BCUT2D eigenvalue weighted by Crippen LogP contribution is 2.34. The standard InChI is InChI=1S/C20H32F2N6O3/c1-19(2,3)16(18(31)27-12-14(29)9-15(27)17(30)23-4)28-11-13(24-25-28)10-26-7-5-20(21,22)6-8-26/h11,14-16,29H,5-10,12H2,1-4H3,(H,23,30)/t14-,15+,16-/m1/s1. The Morgan fingerprint density at radius 1 is 1.32 bits per heavy atom. The lowest BCUT2D eigenvalue weighted by Gasteiger charge is -2.34. The monoisotopic (exact) mass is 442 g/mol. The van der Waals surface area contributed by atoms with Gasteiger partial charge in [-0.25, -0.2) is 13.5 Å². The van der Waals surface area contributed by atoms with Crippen molar-refractivity contribution in [1.29, 1.82) is 0 Å². The number of piperidine rings is 1. The number of nitrogens with zero attached hydrogens (tertiary/aromatic N) is 5. The second kappa shape index (κ2) is 8.78. The summed E-state index contributed by atoms with van der Waals surface area (Å²) in [5.74, 6) is -3.25. The summed E-state index contributed by atoms with van der Waals surface area (Å²) < 4.78 is 28.3. The molecule has 9 nitrogen and oxygen atoms in total. The van der Waals surface area contributed by atoms with E-state index in [9.17, 15) is 23.5 Å². The Hall–Kier alpha value is -2.14. The number of nitrogens with one attached hydrogen (secondary N) is 1. The fraction of sp³-hybridized carbons (Fsp3) is 0.800. The minimum absolute atomic E-state index is 0.0764. The van der Waals surface area contributed by atoms with Crippen molar-refractivity contribution in [3.05, 3.63) is 11.9 Å². The lowest BCUT2D eigenvalue weighted by atomic mass is 9.85. The molecule has 0 bridgehead atoms. The van der Waals surface area contributed by atoms with E-state index in [2.05, 4.69) is 15.6 Å². The largest absolute Gasteiger partial charge is 0.391 e. The molecule has 11 heteroatoms. The van der Waals surface area contributed by atoms with Gasteiger partial charge in [0.25, 0.3) is 5.92 Å². The number of likely N-dealkylation sites (tertiary alicyclic amines) is 2. The first-order valence-corrected chi connectivity index (χ1v) is 10.6. The molecule has 2 fully saturated rings. The number of alkyl halides is 2. The van der Waals surface area contributed by atoms with Crippen LogP contribution >= 0.6 is 0 Å². The van der Waals surface area contributed by atoms with Gasteiger partial charge in [-0.1, -0.05) is 26.0 Å². The zero-order chi connectivity index (χ0) is 23.0. The summed E-state index contributed by atoms with van der Waals surface area (Å²) in [5.41, 5.74) is 0.0484. The van der Waals surface area contributed by atoms with Crippen LogP contribution in [0.15, 0.2) is 6.20 Å². The summed E-state index contributed by atoms with van der Waals surface area (Å²) in [6.45, 7) is 6.69. The van der Waals surface area contributed by atoms with Crippen LogP contribution in [0.2, 0.25) is 0 Å². The van der Waals surface area contributed by atoms with Gasteiger partial charge < -0.3 is 15.3 Å². The number of amides is 2. The van der Waals surface area contributed by atoms with Crippen LogP contribution in [0, 0.1) is 5.41 Å². The van der Waals surface area contributed by atoms with Crippen LogP contribution in [0.5, 0.6) is 0 Å². The van der Waals surface area contributed by atoms with Crippen LogP contribution in [0.3, 0.4) is 0 Å². The fourth-order valence-corrected chi connectivity index (χ4v) is 4.29. The third kappa shape index (κ3) is 5.38. The number of hydrogen-bond acceptors (Lipinski definition) is 6. The number of aliphatic hydroxyl groups excluding tert-OH is 1. The van der Waals surface area contributed by atoms with E-state index in [-0.39, 0.29) is 50.7 Å². The predicted octanol–water partition coefficient (Wildman–Crippen LogP) is 0.804. The van der Waals surface area contributed by atoms with Crippen LogP contribution in [0.1, 0.15) is 51.8 Å². The van der Waals surface area contributed by atoms with Crippen molar-refractivity contribution < 1.29 is 23.5 Å². The fourth-order valence-electron chi connectivity index (χ4n) is 4.29. The molecule has 0 aromatic carbocycles. The van der Waals surface area contributed by atoms with Gasteiger partial charge in [0.05, 0.1) is 18.0 Å². The van der Waals surface area contributed by atoms with Crippen LogP contribution in [0.4, 0.5) is 8.78 Å². The molecule has 2 N–H and O–H groups in total. The summed E-state index contributed by atoms with van der Waals surface area (Å²) in [6, 6.07) is -1.48. The molecule has 2 amide bonds. The van der Waals surface area contributed by atoms with E-state index in [1.807, 2.05) is 25.7 Å². The summed E-state index contributed by atoms with van der Waals surface area (Å²) in [6.07, 6.45) is 0.729. The lowest BCUT2D eigenvalue weighted by molar-refractivity contribution is -0.144. The number of carbonyl (C=O) groups excluding carboxylic acids is 2. The molecule has 0 spiro atoms. The number of aliphatic hydroxyl groups is 1. The average molecular weight is 443 g/mol. The van der Waals surface area contributed by atoms with Crippen LogP contribution in [-0.2, 0) is 16.1 Å². The third-order valence-corrected chi connectivity index (χ3v) is 5.96. The van der Waals surface area contributed by atoms with Crippen LogP contribution < -0.4 is 5.32 Å². The number of rotatable bonds is 5. The molecule has 0 saturated carbocycles. The molecule has 174 valence electrons. The Kier molecular flexibility index (Phi) is 6.66. The van der Waals surface area contributed by atoms with E-state index >= 15 is 0 Å². The molecule has 2 aliphatic rings. The van der Waals surface area contributed by atoms with Crippen molar-refractivity contribution in [2.24, 2.45) is 5.41 Å². The average Bonchev–Trinajstić information content (AvgIpc) is 3.28. The number of aromatic nitrogens is 3. The van der Waals surface area contributed by atoms with Crippen molar-refractivity contribution in [3.8, 4) is 0 Å². The van der Waals surface area contributed by atoms with Crippen molar-refractivity contribution in [2.75, 3.05) is 26.7 Å². The molecule has 0 aliphatic carbocycles. The topological polar surface area (TPSA) is 104 Å². The summed E-state index contributed by atoms with van der Waals surface area (Å²) in [4.78, 5) is 29.0. The predicted molar refractivity (Wildman–Crippen MR) is 108 cm³/mol. The van der Waals surface area contributed by atoms with E-state index in [0.29, 0.717) is 12.2 Å². The zero-order valence-electron chi connectivity index (χ0n) is 18.5. The molecule has 2 saturated heterocycles. The molecule has 0 unspecified atom stereocenters. The van der Waals surface area contributed by atoms with Crippen LogP contribution in [0.25, 0.3) is 0 Å². The number of carbonyl (C=O) groups is 2. The molecule has 0 radical (unpaired) electrons. The van der Waals surface area contributed by atoms with Gasteiger partial charge in [-0.2, -0.15) is 0 Å². The molecule has 3 atom stereocenters. The maximum atomic E-state index is 13.5. The van der Waals surface area contributed by atoms with Crippen molar-refractivity contribution in [2.45, 2.75) is 70.7 Å². The number of likely N-dealkylation sites (N-methyl/N-ethyl adjacent to an activating group) is 1. The maximum absolute atomic E-state index is 13.5. The van der Waals surface area contributed by atoms with Crippen LogP contribution in [-0.4, -0.2) is 86.5 Å². The van der Waals surface area contributed by atoms with Crippen molar-refractivity contribution in [3.63, 3.8) is 0 Å². The minimum atomic E-state index is -2.61. The number of β-amino-alcohol motifs (C(OH)–C–C–N with tert-alkyl or cyclic N) is 1. The van der Waals surface area contributed by atoms with E-state index in [0.717, 1.165) is 0 Å². The van der Waals surface area contributed by atoms with Gasteiger partial charge in [-0.05, 0) is 5.41 Å². The second-order valence-electron chi connectivity index (χ2n) is 9.60. The molecule has 31 heavy (non-hydrogen) atoms. The molecular weight excluding hydrogens is 410 g/mol. The Bertz CT molecular complexity index is 799. The highest BCUT2D eigenvalue weighted by atomic mass is 19.3. The molecule has 3 heterocycles. The van der Waals surface area contributed by atoms with Gasteiger partial charge in [0.2, 0.25) is 11.8 Å². The summed E-state index contributed by atoms with van der Waals surface area (Å²) >= 11 is 0. The first-order chi connectivity index (χ1) is 14.4. The quantitative estimate of drug-likeness (QED) is 0.699. The Morgan fingerprint density at radius 2 is 1.97 bits per heavy atom. The van der Waals surface area contributed by atoms with Crippen molar-refractivity contribution in [1.82, 2.24) is 30.1 Å². The first kappa shape index (κ1) is 23.5. The smallest absolute Gasteiger partial charge is 0.250 e. The van der Waals surface area contributed by atoms with Gasteiger partial charge >= 0.3 is 0 Å². The van der Waals surface area contributed by atoms with E-state index < -0.39 is 29.5 Å². The number of hydrogen-bond donors (Lipinski definition) is 2. The normalized spacial score (nSPS) is 25.5. The molecule has 2 aliphatic heterocycles. The zero-order valence-corrected chi connectivity index (χ0v) is 18.5. The molecule has 1 aromatic heterocycles. The third-order valence-electron chi connectivity index (χ3n) is 5.96. The second-order valence-corrected chi connectivity index (χ2v) is 9.60. The van der Waals surface area contributed by atoms with Gasteiger partial charge in [0.1, 0.15) is 12.1 Å². The minimum Gasteiger partial charge on any atom is -0.391 e. The lowest BCUT2D eigenvalue weighted by Crippen LogP contribution is -2.49. The van der Waals surface area contributed by atoms with E-state index in [1.165, 1.54) is 16.6 Å². The Labute approximate surface area is 180 Å². The highest BCUT2D eigenvalue weighted by molar-refractivity contribution is 5.90. The van der Waals surface area contributed by atoms with Gasteiger partial charge in [0, 0.05) is 52.5 Å². The molecule has 3 rings (SSSR count). The summed E-state index contributed by atoms with van der Waals surface area (Å²) in [7, 11) is 1.50. The van der Waals surface area contributed by atoms with Gasteiger partial charge in [0.15, 0.2) is 0 Å². The van der Waals surface area contributed by atoms with E-state index in [1.54, 1.807) is 6.20 Å². The first-order valence-electron chi connectivity index (χ1n) is 10.6. The Balaban J connectivity index is 1.77. The molecular formula is C20H32F2N6O3. The highest BCUT2D eigenvalue weighted by Gasteiger charge is 2.45. The number of halogens is 2. The van der Waals surface area contributed by atoms with Gasteiger partial charge in [-0.15, -0.1) is 5.10 Å². The SMILES string of the molecule is CNC(=O)[C@@H]1C[C@@H](O)CN1C(=O)[C@@H](n1cc(CN2CCC(F)(F)CC2)nn1)C(C)(C)C. The van der Waals surface area contributed by atoms with Crippen molar-refractivity contribution >= 4 is 11.8 Å². The molecule has 1 aromatic rings. The van der Waals surface area contributed by atoms with Gasteiger partial charge in [-0.3, -0.25) is 14.5 Å². The maximum Gasteiger partial charge on any atom is 0.250 e. The summed E-state index contributed by atoms with van der Waals surface area (Å²) in [5, 5.41) is 20.9.